The summed E-state index contributed by atoms with van der Waals surface area (Å²) in [6, 6.07) is 12.4. The lowest BCUT2D eigenvalue weighted by molar-refractivity contribution is 0.0332. The van der Waals surface area contributed by atoms with Crippen LogP contribution in [-0.4, -0.2) is 61.7 Å². The number of aryl methyl sites for hydroxylation is 3. The molecule has 3 heterocycles. The molecule has 0 saturated carbocycles. The van der Waals surface area contributed by atoms with E-state index in [1.165, 1.54) is 6.07 Å². The van der Waals surface area contributed by atoms with E-state index in [-0.39, 0.29) is 10.7 Å². The van der Waals surface area contributed by atoms with E-state index < -0.39 is 15.9 Å². The Morgan fingerprint density at radius 2 is 1.79 bits per heavy atom. The molecule has 0 atom stereocenters. The number of carbonyl (C=O) groups excluding carboxylic acids is 1. The van der Waals surface area contributed by atoms with Gasteiger partial charge in [-0.25, -0.2) is 4.72 Å². The van der Waals surface area contributed by atoms with Crippen LogP contribution in [0.3, 0.4) is 0 Å². The second-order valence-electron chi connectivity index (χ2n) is 10.5. The summed E-state index contributed by atoms with van der Waals surface area (Å²) >= 11 is 12.5. The molecule has 9 nitrogen and oxygen atoms in total. The van der Waals surface area contributed by atoms with Crippen LogP contribution in [0, 0.1) is 13.8 Å². The van der Waals surface area contributed by atoms with Crippen molar-refractivity contribution in [3.63, 3.8) is 0 Å². The van der Waals surface area contributed by atoms with Crippen LogP contribution < -0.4 is 9.46 Å². The van der Waals surface area contributed by atoms with Crippen LogP contribution in [0.1, 0.15) is 39.3 Å². The standard InChI is InChI=1S/C30H34Cl2N4O5S/c1-19-15-23(16-20(2)28(19)32)41-12-4-5-25-24-8-6-21(31)17-26(24)33-29(25)30(37)34-42(38,39)27-9-7-22(35(27)3)18-36-10-13-40-14-11-36/h6-9,15-17,33H,4-5,10-14,18H2,1-3H3,(H,34,37). The number of halogens is 2. The number of hydrogen-bond donors (Lipinski definition) is 2. The molecule has 2 aromatic carbocycles. The molecule has 0 spiro atoms. The second kappa shape index (κ2) is 12.7. The number of fused-ring (bicyclic) bond motifs is 1. The van der Waals surface area contributed by atoms with Crippen LogP contribution in [0.25, 0.3) is 10.9 Å². The Morgan fingerprint density at radius 3 is 2.50 bits per heavy atom. The molecular weight excluding hydrogens is 599 g/mol. The Bertz CT molecular complexity index is 1700. The van der Waals surface area contributed by atoms with E-state index in [1.54, 1.807) is 29.8 Å². The number of hydrogen-bond acceptors (Lipinski definition) is 6. The van der Waals surface area contributed by atoms with Gasteiger partial charge in [-0.05, 0) is 79.8 Å². The molecule has 0 aliphatic carbocycles. The highest BCUT2D eigenvalue weighted by atomic mass is 35.5. The van der Waals surface area contributed by atoms with Crippen LogP contribution in [0.5, 0.6) is 5.75 Å². The van der Waals surface area contributed by atoms with Crippen molar-refractivity contribution < 1.29 is 22.7 Å². The molecule has 224 valence electrons. The molecule has 1 aliphatic rings. The minimum absolute atomic E-state index is 0.0155. The van der Waals surface area contributed by atoms with Gasteiger partial charge in [0.2, 0.25) is 0 Å². The number of carbonyl (C=O) groups is 1. The fourth-order valence-electron chi connectivity index (χ4n) is 5.28. The third-order valence-electron chi connectivity index (χ3n) is 7.52. The molecule has 1 amide bonds. The average Bonchev–Trinajstić information content (AvgIpc) is 3.50. The van der Waals surface area contributed by atoms with E-state index in [0.29, 0.717) is 60.3 Å². The maximum absolute atomic E-state index is 13.5. The summed E-state index contributed by atoms with van der Waals surface area (Å²) in [5.41, 5.74) is 4.23. The summed E-state index contributed by atoms with van der Waals surface area (Å²) in [5, 5.41) is 2.03. The molecule has 12 heteroatoms. The smallest absolute Gasteiger partial charge is 0.281 e. The van der Waals surface area contributed by atoms with E-state index in [2.05, 4.69) is 14.6 Å². The van der Waals surface area contributed by atoms with Gasteiger partial charge in [0.1, 0.15) is 11.4 Å². The molecule has 0 bridgehead atoms. The molecule has 2 N–H and O–H groups in total. The minimum Gasteiger partial charge on any atom is -0.494 e. The summed E-state index contributed by atoms with van der Waals surface area (Å²) < 4.78 is 42.0. The van der Waals surface area contributed by atoms with E-state index >= 15 is 0 Å². The molecule has 1 fully saturated rings. The highest BCUT2D eigenvalue weighted by molar-refractivity contribution is 7.90. The van der Waals surface area contributed by atoms with Gasteiger partial charge in [0.15, 0.2) is 5.03 Å². The predicted octanol–water partition coefficient (Wildman–Crippen LogP) is 5.39. The lowest BCUT2D eigenvalue weighted by Crippen LogP contribution is -2.36. The first-order chi connectivity index (χ1) is 20.0. The highest BCUT2D eigenvalue weighted by Crippen LogP contribution is 2.29. The number of ether oxygens (including phenoxy) is 2. The summed E-state index contributed by atoms with van der Waals surface area (Å²) in [7, 11) is -2.47. The van der Waals surface area contributed by atoms with Gasteiger partial charge in [-0.15, -0.1) is 0 Å². The van der Waals surface area contributed by atoms with Crippen molar-refractivity contribution in [1.29, 1.82) is 0 Å². The number of amides is 1. The highest BCUT2D eigenvalue weighted by Gasteiger charge is 2.26. The lowest BCUT2D eigenvalue weighted by Gasteiger charge is -2.26. The van der Waals surface area contributed by atoms with Gasteiger partial charge in [0, 0.05) is 53.3 Å². The van der Waals surface area contributed by atoms with Crippen molar-refractivity contribution >= 4 is 50.0 Å². The first-order valence-electron chi connectivity index (χ1n) is 13.7. The van der Waals surface area contributed by atoms with Crippen molar-refractivity contribution in [2.45, 2.75) is 38.3 Å². The number of rotatable bonds is 10. The number of morpholine rings is 1. The van der Waals surface area contributed by atoms with Crippen molar-refractivity contribution in [3.8, 4) is 5.75 Å². The Morgan fingerprint density at radius 1 is 1.07 bits per heavy atom. The van der Waals surface area contributed by atoms with Gasteiger partial charge in [-0.2, -0.15) is 8.42 Å². The largest absolute Gasteiger partial charge is 0.494 e. The van der Waals surface area contributed by atoms with E-state index in [4.69, 9.17) is 32.7 Å². The van der Waals surface area contributed by atoms with Crippen LogP contribution in [-0.2, 0) is 34.8 Å². The van der Waals surface area contributed by atoms with Crippen molar-refractivity contribution in [2.24, 2.45) is 7.05 Å². The maximum Gasteiger partial charge on any atom is 0.281 e. The normalized spacial score (nSPS) is 14.4. The van der Waals surface area contributed by atoms with E-state index in [1.807, 2.05) is 32.0 Å². The van der Waals surface area contributed by atoms with Crippen molar-refractivity contribution in [2.75, 3.05) is 32.9 Å². The molecule has 0 radical (unpaired) electrons. The van der Waals surface area contributed by atoms with Gasteiger partial charge in [0.05, 0.1) is 19.8 Å². The van der Waals surface area contributed by atoms with Crippen LogP contribution in [0.15, 0.2) is 47.5 Å². The van der Waals surface area contributed by atoms with Crippen LogP contribution >= 0.6 is 23.2 Å². The molecule has 1 saturated heterocycles. The third-order valence-corrected chi connectivity index (χ3v) is 9.76. The van der Waals surface area contributed by atoms with Gasteiger partial charge in [0.25, 0.3) is 15.9 Å². The van der Waals surface area contributed by atoms with E-state index in [0.717, 1.165) is 41.0 Å². The Labute approximate surface area is 255 Å². The third kappa shape index (κ3) is 6.63. The Balaban J connectivity index is 1.32. The first kappa shape index (κ1) is 30.4. The van der Waals surface area contributed by atoms with Crippen molar-refractivity contribution in [3.05, 3.63) is 80.6 Å². The zero-order chi connectivity index (χ0) is 30.0. The fourth-order valence-corrected chi connectivity index (χ4v) is 6.74. The monoisotopic (exact) mass is 632 g/mol. The second-order valence-corrected chi connectivity index (χ2v) is 13.0. The first-order valence-corrected chi connectivity index (χ1v) is 16.0. The zero-order valence-electron chi connectivity index (χ0n) is 23.8. The molecule has 5 rings (SSSR count). The number of benzene rings is 2. The number of nitrogens with zero attached hydrogens (tertiary/aromatic N) is 2. The fraction of sp³-hybridized carbons (Fsp3) is 0.367. The quantitative estimate of drug-likeness (QED) is 0.227. The number of aromatic amines is 1. The number of H-pyrrole nitrogens is 1. The molecule has 4 aromatic rings. The van der Waals surface area contributed by atoms with Crippen LogP contribution in [0.4, 0.5) is 0 Å². The van der Waals surface area contributed by atoms with Crippen LogP contribution in [0.2, 0.25) is 10.0 Å². The van der Waals surface area contributed by atoms with Gasteiger partial charge in [-0.1, -0.05) is 29.3 Å². The number of aromatic nitrogens is 2. The minimum atomic E-state index is -4.15. The summed E-state index contributed by atoms with van der Waals surface area (Å²) in [6.07, 6.45) is 1.07. The van der Waals surface area contributed by atoms with Gasteiger partial charge in [-0.3, -0.25) is 9.69 Å². The molecule has 1 aliphatic heterocycles. The Kier molecular flexibility index (Phi) is 9.20. The summed E-state index contributed by atoms with van der Waals surface area (Å²) in [6.45, 7) is 7.70. The van der Waals surface area contributed by atoms with Gasteiger partial charge >= 0.3 is 0 Å². The summed E-state index contributed by atoms with van der Waals surface area (Å²) in [5.74, 6) is -0.0159. The SMILES string of the molecule is Cc1cc(OCCCc2c(C(=O)NS(=O)(=O)c3ccc(CN4CCOCC4)n3C)[nH]c3cc(Cl)ccc23)cc(C)c1Cl. The zero-order valence-corrected chi connectivity index (χ0v) is 26.1. The summed E-state index contributed by atoms with van der Waals surface area (Å²) in [4.78, 5) is 18.8. The number of nitrogens with one attached hydrogen (secondary N) is 2. The topological polar surface area (TPSA) is 106 Å². The molecule has 0 unspecified atom stereocenters. The maximum atomic E-state index is 13.5. The number of sulfonamides is 1. The molecule has 42 heavy (non-hydrogen) atoms. The van der Waals surface area contributed by atoms with Gasteiger partial charge < -0.3 is 19.0 Å². The molecular formula is C30H34Cl2N4O5S. The average molecular weight is 634 g/mol. The van der Waals surface area contributed by atoms with Crippen molar-refractivity contribution in [1.82, 2.24) is 19.2 Å². The molecule has 2 aromatic heterocycles. The lowest BCUT2D eigenvalue weighted by atomic mass is 10.1. The Hall–Kier alpha value is -3.02. The van der Waals surface area contributed by atoms with E-state index in [9.17, 15) is 13.2 Å². The predicted molar refractivity (Wildman–Crippen MR) is 164 cm³/mol.